The van der Waals surface area contributed by atoms with Crippen molar-refractivity contribution in [3.8, 4) is 5.75 Å². The first-order valence-corrected chi connectivity index (χ1v) is 9.26. The van der Waals surface area contributed by atoms with Crippen LogP contribution in [-0.2, 0) is 17.1 Å². The normalized spacial score (nSPS) is 19.5. The van der Waals surface area contributed by atoms with Crippen LogP contribution in [0.25, 0.3) is 0 Å². The highest BCUT2D eigenvalue weighted by atomic mass is 32.2. The van der Waals surface area contributed by atoms with Crippen molar-refractivity contribution in [2.75, 3.05) is 18.8 Å². The van der Waals surface area contributed by atoms with Gasteiger partial charge in [-0.15, -0.1) is 0 Å². The van der Waals surface area contributed by atoms with E-state index in [0.29, 0.717) is 31.7 Å². The van der Waals surface area contributed by atoms with Gasteiger partial charge in [-0.1, -0.05) is 13.3 Å². The fourth-order valence-electron chi connectivity index (χ4n) is 2.50. The SMILES string of the molecule is CCCCS(=O)(=O)N1CCC(Oc2cc(C)n(C)c(=O)c2)C1. The third kappa shape index (κ3) is 3.89. The Morgan fingerprint density at radius 3 is 2.73 bits per heavy atom. The largest absolute Gasteiger partial charge is 0.489 e. The number of hydrogen-bond acceptors (Lipinski definition) is 4. The summed E-state index contributed by atoms with van der Waals surface area (Å²) in [5, 5.41) is 0. The standard InChI is InChI=1S/C15H24N2O4S/c1-4-5-8-22(19,20)17-7-6-13(11-17)21-14-9-12(2)16(3)15(18)10-14/h9-10,13H,4-8,11H2,1-3H3. The smallest absolute Gasteiger partial charge is 0.254 e. The van der Waals surface area contributed by atoms with Gasteiger partial charge in [-0.25, -0.2) is 8.42 Å². The maximum atomic E-state index is 12.2. The zero-order chi connectivity index (χ0) is 16.3. The molecule has 22 heavy (non-hydrogen) atoms. The van der Waals surface area contributed by atoms with E-state index in [0.717, 1.165) is 12.1 Å². The Kier molecular flexibility index (Phi) is 5.28. The van der Waals surface area contributed by atoms with Crippen molar-refractivity contribution >= 4 is 10.0 Å². The molecule has 1 saturated heterocycles. The van der Waals surface area contributed by atoms with Gasteiger partial charge in [0.15, 0.2) is 0 Å². The quantitative estimate of drug-likeness (QED) is 0.789. The Morgan fingerprint density at radius 1 is 1.36 bits per heavy atom. The van der Waals surface area contributed by atoms with Gasteiger partial charge >= 0.3 is 0 Å². The lowest BCUT2D eigenvalue weighted by Crippen LogP contribution is -2.33. The van der Waals surface area contributed by atoms with Crippen LogP contribution in [0, 0.1) is 6.92 Å². The fraction of sp³-hybridized carbons (Fsp3) is 0.667. The fourth-order valence-corrected chi connectivity index (χ4v) is 4.19. The molecule has 1 unspecified atom stereocenters. The highest BCUT2D eigenvalue weighted by Gasteiger charge is 2.32. The highest BCUT2D eigenvalue weighted by molar-refractivity contribution is 7.89. The average Bonchev–Trinajstić information content (AvgIpc) is 2.92. The zero-order valence-corrected chi connectivity index (χ0v) is 14.2. The molecule has 1 aliphatic heterocycles. The molecule has 0 spiro atoms. The highest BCUT2D eigenvalue weighted by Crippen LogP contribution is 2.20. The van der Waals surface area contributed by atoms with Gasteiger partial charge in [-0.05, 0) is 25.8 Å². The molecule has 1 fully saturated rings. The lowest BCUT2D eigenvalue weighted by Gasteiger charge is -2.17. The van der Waals surface area contributed by atoms with E-state index in [1.54, 1.807) is 17.7 Å². The van der Waals surface area contributed by atoms with Crippen LogP contribution in [0.4, 0.5) is 0 Å². The number of pyridine rings is 1. The molecular weight excluding hydrogens is 304 g/mol. The predicted octanol–water partition coefficient (Wildman–Crippen LogP) is 1.28. The second kappa shape index (κ2) is 6.83. The van der Waals surface area contributed by atoms with E-state index in [1.807, 2.05) is 13.8 Å². The van der Waals surface area contributed by atoms with E-state index in [4.69, 9.17) is 4.74 Å². The van der Waals surface area contributed by atoms with Crippen molar-refractivity contribution in [3.63, 3.8) is 0 Å². The molecule has 124 valence electrons. The number of sulfonamides is 1. The lowest BCUT2D eigenvalue weighted by molar-refractivity contribution is 0.214. The first-order valence-electron chi connectivity index (χ1n) is 7.65. The Morgan fingerprint density at radius 2 is 2.09 bits per heavy atom. The van der Waals surface area contributed by atoms with Crippen LogP contribution in [0.5, 0.6) is 5.75 Å². The minimum atomic E-state index is -3.18. The summed E-state index contributed by atoms with van der Waals surface area (Å²) in [4.78, 5) is 11.8. The number of aryl methyl sites for hydroxylation is 1. The van der Waals surface area contributed by atoms with E-state index in [-0.39, 0.29) is 17.4 Å². The van der Waals surface area contributed by atoms with Crippen molar-refractivity contribution < 1.29 is 13.2 Å². The summed E-state index contributed by atoms with van der Waals surface area (Å²) < 4.78 is 33.2. The van der Waals surface area contributed by atoms with Gasteiger partial charge in [0.25, 0.3) is 5.56 Å². The minimum Gasteiger partial charge on any atom is -0.489 e. The van der Waals surface area contributed by atoms with E-state index < -0.39 is 10.0 Å². The molecule has 0 amide bonds. The Bertz CT molecular complexity index is 681. The van der Waals surface area contributed by atoms with E-state index >= 15 is 0 Å². The van der Waals surface area contributed by atoms with Gasteiger partial charge in [0.05, 0.1) is 12.3 Å². The van der Waals surface area contributed by atoms with Gasteiger partial charge < -0.3 is 9.30 Å². The molecule has 2 heterocycles. The van der Waals surface area contributed by atoms with Crippen LogP contribution in [0.15, 0.2) is 16.9 Å². The maximum absolute atomic E-state index is 12.2. The number of unbranched alkanes of at least 4 members (excludes halogenated alkanes) is 1. The zero-order valence-electron chi connectivity index (χ0n) is 13.4. The molecule has 0 saturated carbocycles. The summed E-state index contributed by atoms with van der Waals surface area (Å²) in [5.74, 6) is 0.708. The van der Waals surface area contributed by atoms with Gasteiger partial charge in [-0.2, -0.15) is 4.31 Å². The molecule has 0 N–H and O–H groups in total. The Labute approximate surface area is 131 Å². The number of ether oxygens (including phenoxy) is 1. The minimum absolute atomic E-state index is 0.125. The van der Waals surface area contributed by atoms with Crippen LogP contribution in [0.1, 0.15) is 31.9 Å². The summed E-state index contributed by atoms with van der Waals surface area (Å²) in [5.41, 5.74) is 0.688. The molecule has 0 aliphatic carbocycles. The van der Waals surface area contributed by atoms with Gasteiger partial charge in [0.2, 0.25) is 10.0 Å². The molecule has 1 atom stereocenters. The van der Waals surface area contributed by atoms with Crippen LogP contribution in [0.2, 0.25) is 0 Å². The number of nitrogens with zero attached hydrogens (tertiary/aromatic N) is 2. The van der Waals surface area contributed by atoms with Crippen molar-refractivity contribution in [1.82, 2.24) is 8.87 Å². The second-order valence-corrected chi connectivity index (χ2v) is 7.87. The molecule has 1 aliphatic rings. The Balaban J connectivity index is 2.01. The van der Waals surface area contributed by atoms with Crippen LogP contribution in [0.3, 0.4) is 0 Å². The third-order valence-corrected chi connectivity index (χ3v) is 5.96. The predicted molar refractivity (Wildman–Crippen MR) is 85.7 cm³/mol. The maximum Gasteiger partial charge on any atom is 0.254 e. The number of hydrogen-bond donors (Lipinski definition) is 0. The summed E-state index contributed by atoms with van der Waals surface area (Å²) in [6.07, 6.45) is 2.00. The van der Waals surface area contributed by atoms with Crippen LogP contribution >= 0.6 is 0 Å². The van der Waals surface area contributed by atoms with Crippen molar-refractivity contribution in [2.45, 2.75) is 39.2 Å². The first kappa shape index (κ1) is 17.0. The van der Waals surface area contributed by atoms with Crippen LogP contribution in [-0.4, -0.2) is 42.2 Å². The van der Waals surface area contributed by atoms with Gasteiger partial charge in [0, 0.05) is 25.4 Å². The molecule has 2 rings (SSSR count). The van der Waals surface area contributed by atoms with Crippen molar-refractivity contribution in [3.05, 3.63) is 28.2 Å². The van der Waals surface area contributed by atoms with Crippen molar-refractivity contribution in [1.29, 1.82) is 0 Å². The summed E-state index contributed by atoms with van der Waals surface area (Å²) in [6, 6.07) is 3.25. The first-order chi connectivity index (χ1) is 10.3. The van der Waals surface area contributed by atoms with E-state index in [1.165, 1.54) is 10.4 Å². The number of rotatable bonds is 6. The molecule has 1 aromatic heterocycles. The molecule has 0 bridgehead atoms. The lowest BCUT2D eigenvalue weighted by atomic mass is 10.3. The van der Waals surface area contributed by atoms with Crippen molar-refractivity contribution in [2.24, 2.45) is 7.05 Å². The molecule has 0 radical (unpaired) electrons. The van der Waals surface area contributed by atoms with Gasteiger partial charge in [-0.3, -0.25) is 4.79 Å². The molecule has 1 aromatic rings. The molecular formula is C15H24N2O4S. The topological polar surface area (TPSA) is 68.6 Å². The van der Waals surface area contributed by atoms with E-state index in [2.05, 4.69) is 0 Å². The molecule has 6 nitrogen and oxygen atoms in total. The van der Waals surface area contributed by atoms with E-state index in [9.17, 15) is 13.2 Å². The Hall–Kier alpha value is -1.34. The molecule has 7 heteroatoms. The number of aromatic nitrogens is 1. The summed E-state index contributed by atoms with van der Waals surface area (Å²) >= 11 is 0. The summed E-state index contributed by atoms with van der Waals surface area (Å²) in [6.45, 7) is 4.66. The third-order valence-electron chi connectivity index (χ3n) is 4.04. The average molecular weight is 328 g/mol. The summed E-state index contributed by atoms with van der Waals surface area (Å²) in [7, 11) is -1.48. The second-order valence-electron chi connectivity index (χ2n) is 5.79. The van der Waals surface area contributed by atoms with Gasteiger partial charge in [0.1, 0.15) is 11.9 Å². The molecule has 0 aromatic carbocycles. The monoisotopic (exact) mass is 328 g/mol. The van der Waals surface area contributed by atoms with Crippen LogP contribution < -0.4 is 10.3 Å².